The summed E-state index contributed by atoms with van der Waals surface area (Å²) in [5.41, 5.74) is -0.973. The molecule has 1 fully saturated rings. The molecule has 1 saturated carbocycles. The van der Waals surface area contributed by atoms with Gasteiger partial charge in [0.05, 0.1) is 5.57 Å². The van der Waals surface area contributed by atoms with Crippen LogP contribution >= 0.6 is 0 Å². The number of carbonyl (C=O) groups is 1. The Morgan fingerprint density at radius 1 is 1.17 bits per heavy atom. The number of benzene rings is 1. The maximum Gasteiger partial charge on any atom is 0.417 e. The van der Waals surface area contributed by atoms with Crippen LogP contribution in [-0.4, -0.2) is 29.8 Å². The predicted molar refractivity (Wildman–Crippen MR) is 81.4 cm³/mol. The summed E-state index contributed by atoms with van der Waals surface area (Å²) in [6.07, 6.45) is -1.05. The molecular formula is C17H20F3NO2. The lowest BCUT2D eigenvalue weighted by atomic mass is 9.86. The Kier molecular flexibility index (Phi) is 5.82. The minimum atomic E-state index is -4.59. The summed E-state index contributed by atoms with van der Waals surface area (Å²) in [5, 5.41) is 11.7. The molecule has 126 valence electrons. The van der Waals surface area contributed by atoms with E-state index in [1.807, 2.05) is 0 Å². The largest absolute Gasteiger partial charge is 0.417 e. The van der Waals surface area contributed by atoms with Gasteiger partial charge in [-0.1, -0.05) is 30.3 Å². The molecular weight excluding hydrogens is 307 g/mol. The molecule has 2 N–H and O–H groups in total. The van der Waals surface area contributed by atoms with Gasteiger partial charge >= 0.3 is 6.18 Å². The second-order valence-corrected chi connectivity index (χ2v) is 5.83. The van der Waals surface area contributed by atoms with E-state index in [9.17, 15) is 18.0 Å². The van der Waals surface area contributed by atoms with E-state index in [4.69, 9.17) is 5.11 Å². The number of carbonyl (C=O) groups excluding carboxylic acids is 1. The van der Waals surface area contributed by atoms with Crippen molar-refractivity contribution in [1.82, 2.24) is 5.32 Å². The molecule has 6 heteroatoms. The molecule has 3 nitrogen and oxygen atoms in total. The normalized spacial score (nSPS) is 22.7. The van der Waals surface area contributed by atoms with Gasteiger partial charge in [0.25, 0.3) is 0 Å². The van der Waals surface area contributed by atoms with E-state index in [0.29, 0.717) is 18.9 Å². The monoisotopic (exact) mass is 327 g/mol. The van der Waals surface area contributed by atoms with Crippen LogP contribution in [0.15, 0.2) is 36.4 Å². The van der Waals surface area contributed by atoms with Gasteiger partial charge in [-0.25, -0.2) is 0 Å². The first-order chi connectivity index (χ1) is 10.9. The summed E-state index contributed by atoms with van der Waals surface area (Å²) in [5.74, 6) is -0.498. The highest BCUT2D eigenvalue weighted by atomic mass is 19.4. The Morgan fingerprint density at radius 3 is 2.30 bits per heavy atom. The van der Waals surface area contributed by atoms with Crippen molar-refractivity contribution in [2.75, 3.05) is 6.61 Å². The molecule has 0 saturated heterocycles. The molecule has 1 aliphatic rings. The maximum atomic E-state index is 13.2. The van der Waals surface area contributed by atoms with Crippen LogP contribution in [0.2, 0.25) is 0 Å². The third-order valence-electron chi connectivity index (χ3n) is 4.12. The minimum Gasteiger partial charge on any atom is -0.396 e. The van der Waals surface area contributed by atoms with E-state index in [-0.39, 0.29) is 24.1 Å². The summed E-state index contributed by atoms with van der Waals surface area (Å²) in [4.78, 5) is 12.0. The highest BCUT2D eigenvalue weighted by Crippen LogP contribution is 2.33. The molecule has 0 spiro atoms. The molecule has 0 radical (unpaired) electrons. The van der Waals surface area contributed by atoms with Gasteiger partial charge < -0.3 is 10.4 Å². The molecule has 1 aromatic rings. The number of alkyl halides is 3. The van der Waals surface area contributed by atoms with Crippen molar-refractivity contribution in [3.63, 3.8) is 0 Å². The van der Waals surface area contributed by atoms with Crippen molar-refractivity contribution in [3.8, 4) is 0 Å². The Hall–Kier alpha value is -1.82. The molecule has 0 atom stereocenters. The van der Waals surface area contributed by atoms with Gasteiger partial charge in [-0.15, -0.1) is 0 Å². The summed E-state index contributed by atoms with van der Waals surface area (Å²) in [6.45, 7) is 0.118. The fourth-order valence-corrected chi connectivity index (χ4v) is 2.81. The third-order valence-corrected chi connectivity index (χ3v) is 4.12. The van der Waals surface area contributed by atoms with E-state index in [1.54, 1.807) is 6.07 Å². The van der Waals surface area contributed by atoms with Crippen molar-refractivity contribution < 1.29 is 23.1 Å². The fourth-order valence-electron chi connectivity index (χ4n) is 2.81. The van der Waals surface area contributed by atoms with Crippen molar-refractivity contribution in [2.45, 2.75) is 37.9 Å². The molecule has 0 heterocycles. The Morgan fingerprint density at radius 2 is 1.78 bits per heavy atom. The van der Waals surface area contributed by atoms with Crippen molar-refractivity contribution in [1.29, 1.82) is 0 Å². The number of aliphatic hydroxyl groups is 1. The van der Waals surface area contributed by atoms with E-state index in [2.05, 4.69) is 5.32 Å². The zero-order valence-electron chi connectivity index (χ0n) is 12.6. The van der Waals surface area contributed by atoms with Gasteiger partial charge in [-0.3, -0.25) is 4.79 Å². The number of allylic oxidation sites excluding steroid dienone is 1. The summed E-state index contributed by atoms with van der Waals surface area (Å²) >= 11 is 0. The molecule has 0 unspecified atom stereocenters. The third kappa shape index (κ3) is 5.10. The standard InChI is InChI=1S/C17H20F3NO2/c18-17(19,20)15(13-4-2-1-3-5-13)10-16(23)21-14-8-6-12(11-22)7-9-14/h1-5,10,12,14,22H,6-9,11H2,(H,21,23)/b15-10-. The van der Waals surface area contributed by atoms with Crippen LogP contribution in [0.1, 0.15) is 31.2 Å². The lowest BCUT2D eigenvalue weighted by molar-refractivity contribution is -0.117. The van der Waals surface area contributed by atoms with Gasteiger partial charge in [0.15, 0.2) is 0 Å². The van der Waals surface area contributed by atoms with E-state index in [0.717, 1.165) is 12.8 Å². The van der Waals surface area contributed by atoms with Gasteiger partial charge in [-0.05, 0) is 37.2 Å². The lowest BCUT2D eigenvalue weighted by Crippen LogP contribution is -2.37. The topological polar surface area (TPSA) is 49.3 Å². The number of hydrogen-bond acceptors (Lipinski definition) is 2. The van der Waals surface area contributed by atoms with Gasteiger partial charge in [0.1, 0.15) is 0 Å². The maximum absolute atomic E-state index is 13.2. The number of amides is 1. The molecule has 1 aliphatic carbocycles. The van der Waals surface area contributed by atoms with E-state index in [1.165, 1.54) is 24.3 Å². The van der Waals surface area contributed by atoms with Crippen LogP contribution in [0.4, 0.5) is 13.2 Å². The highest BCUT2D eigenvalue weighted by Gasteiger charge is 2.35. The van der Waals surface area contributed by atoms with E-state index < -0.39 is 17.7 Å². The fraction of sp³-hybridized carbons (Fsp3) is 0.471. The first kappa shape index (κ1) is 17.5. The molecule has 1 aromatic carbocycles. The van der Waals surface area contributed by atoms with Gasteiger partial charge in [0, 0.05) is 18.7 Å². The van der Waals surface area contributed by atoms with Crippen LogP contribution in [0.25, 0.3) is 5.57 Å². The number of nitrogens with one attached hydrogen (secondary N) is 1. The number of rotatable bonds is 4. The first-order valence-electron chi connectivity index (χ1n) is 7.66. The zero-order valence-corrected chi connectivity index (χ0v) is 12.6. The van der Waals surface area contributed by atoms with Gasteiger partial charge in [-0.2, -0.15) is 13.2 Å². The molecule has 23 heavy (non-hydrogen) atoms. The van der Waals surface area contributed by atoms with Crippen LogP contribution in [-0.2, 0) is 4.79 Å². The molecule has 0 bridgehead atoms. The van der Waals surface area contributed by atoms with E-state index >= 15 is 0 Å². The van der Waals surface area contributed by atoms with Crippen molar-refractivity contribution in [2.24, 2.45) is 5.92 Å². The lowest BCUT2D eigenvalue weighted by Gasteiger charge is -2.27. The summed E-state index contributed by atoms with van der Waals surface area (Å²) < 4.78 is 39.5. The molecule has 0 aliphatic heterocycles. The zero-order chi connectivity index (χ0) is 16.9. The second-order valence-electron chi connectivity index (χ2n) is 5.83. The van der Waals surface area contributed by atoms with Crippen LogP contribution in [0.3, 0.4) is 0 Å². The molecule has 1 amide bonds. The number of halogens is 3. The first-order valence-corrected chi connectivity index (χ1v) is 7.66. The Balaban J connectivity index is 2.06. The van der Waals surface area contributed by atoms with Gasteiger partial charge in [0.2, 0.25) is 5.91 Å². The minimum absolute atomic E-state index is 0.0286. The molecule has 0 aromatic heterocycles. The summed E-state index contributed by atoms with van der Waals surface area (Å²) in [7, 11) is 0. The Bertz CT molecular complexity index is 547. The van der Waals surface area contributed by atoms with Crippen LogP contribution in [0.5, 0.6) is 0 Å². The average molecular weight is 327 g/mol. The summed E-state index contributed by atoms with van der Waals surface area (Å²) in [6, 6.07) is 7.16. The predicted octanol–water partition coefficient (Wildman–Crippen LogP) is 3.30. The van der Waals surface area contributed by atoms with Crippen LogP contribution < -0.4 is 5.32 Å². The van der Waals surface area contributed by atoms with Crippen LogP contribution in [0, 0.1) is 5.92 Å². The Labute approximate surface area is 133 Å². The molecule has 2 rings (SSSR count). The smallest absolute Gasteiger partial charge is 0.396 e. The second kappa shape index (κ2) is 7.64. The van der Waals surface area contributed by atoms with Crippen molar-refractivity contribution in [3.05, 3.63) is 42.0 Å². The highest BCUT2D eigenvalue weighted by molar-refractivity contribution is 5.96. The number of hydrogen-bond donors (Lipinski definition) is 2. The number of aliphatic hydroxyl groups excluding tert-OH is 1. The van der Waals surface area contributed by atoms with Crippen molar-refractivity contribution >= 4 is 11.5 Å². The quantitative estimate of drug-likeness (QED) is 0.834. The average Bonchev–Trinajstić information content (AvgIpc) is 2.53. The SMILES string of the molecule is O=C(/C=C(/c1ccccc1)C(F)(F)F)NC1CCC(CO)CC1.